The van der Waals surface area contributed by atoms with Gasteiger partial charge >= 0.3 is 0 Å². The number of phenolic OH excluding ortho intramolecular Hbond substituents is 1. The molecule has 1 N–H and O–H groups in total. The highest BCUT2D eigenvalue weighted by molar-refractivity contribution is 5.84. The number of hydrogen-bond donors (Lipinski definition) is 1. The lowest BCUT2D eigenvalue weighted by Crippen LogP contribution is -3.00. The van der Waals surface area contributed by atoms with E-state index in [0.29, 0.717) is 5.75 Å². The van der Waals surface area contributed by atoms with E-state index in [4.69, 9.17) is 4.74 Å². The van der Waals surface area contributed by atoms with Crippen LogP contribution in [0, 0.1) is 0 Å². The molecule has 0 fully saturated rings. The Morgan fingerprint density at radius 1 is 1.08 bits per heavy atom. The van der Waals surface area contributed by atoms with Gasteiger partial charge in [0.05, 0.1) is 28.3 Å². The Balaban J connectivity index is 0.00000225. The molecule has 134 valence electrons. The zero-order valence-electron chi connectivity index (χ0n) is 15.2. The van der Waals surface area contributed by atoms with Crippen molar-refractivity contribution in [3.63, 3.8) is 0 Å². The van der Waals surface area contributed by atoms with Gasteiger partial charge in [-0.05, 0) is 23.8 Å². The molecule has 0 bridgehead atoms. The van der Waals surface area contributed by atoms with Gasteiger partial charge in [-0.25, -0.2) is 0 Å². The number of halogens is 1. The summed E-state index contributed by atoms with van der Waals surface area (Å²) >= 11 is 0. The molecule has 0 saturated carbocycles. The summed E-state index contributed by atoms with van der Waals surface area (Å²) < 4.78 is 8.38. The Bertz CT molecular complexity index is 866. The minimum absolute atomic E-state index is 0. The summed E-state index contributed by atoms with van der Waals surface area (Å²) in [5.41, 5.74) is 3.68. The number of fused-ring (bicyclic) bond motifs is 1. The van der Waals surface area contributed by atoms with E-state index < -0.39 is 0 Å². The molecule has 0 unspecified atom stereocenters. The fraction of sp³-hybridized carbons (Fsp3) is 0.300. The topological polar surface area (TPSA) is 34.4 Å². The van der Waals surface area contributed by atoms with E-state index in [1.165, 1.54) is 16.5 Å². The zero-order valence-corrected chi connectivity index (χ0v) is 17.3. The number of rotatable bonds is 5. The molecule has 5 heteroatoms. The highest BCUT2D eigenvalue weighted by Gasteiger charge is 2.15. The van der Waals surface area contributed by atoms with Crippen LogP contribution < -0.4 is 28.7 Å². The molecule has 3 rings (SSSR count). The average Bonchev–Trinajstić information content (AvgIpc) is 2.85. The predicted octanol–water partition coefficient (Wildman–Crippen LogP) is 0.614. The van der Waals surface area contributed by atoms with Gasteiger partial charge in [0.15, 0.2) is 11.5 Å². The number of ether oxygens (including phenoxy) is 1. The van der Waals surface area contributed by atoms with Crippen molar-refractivity contribution in [1.82, 2.24) is 4.57 Å². The van der Waals surface area contributed by atoms with Crippen molar-refractivity contribution in [3.8, 4) is 11.5 Å². The highest BCUT2D eigenvalue weighted by Crippen LogP contribution is 2.28. The second kappa shape index (κ2) is 7.66. The molecule has 0 atom stereocenters. The molecular formula is C20H25IN2O2. The zero-order chi connectivity index (χ0) is 17.3. The van der Waals surface area contributed by atoms with Crippen molar-refractivity contribution in [2.75, 3.05) is 28.3 Å². The number of benzene rings is 2. The third kappa shape index (κ3) is 4.46. The van der Waals surface area contributed by atoms with Gasteiger partial charge in [0.25, 0.3) is 0 Å². The molecule has 0 aliphatic carbocycles. The molecule has 0 amide bonds. The van der Waals surface area contributed by atoms with Gasteiger partial charge in [0.2, 0.25) is 0 Å². The first-order chi connectivity index (χ1) is 11.4. The van der Waals surface area contributed by atoms with Crippen LogP contribution in [0.3, 0.4) is 0 Å². The van der Waals surface area contributed by atoms with Crippen LogP contribution in [0.5, 0.6) is 11.5 Å². The number of phenols is 1. The Labute approximate surface area is 166 Å². The first-order valence-corrected chi connectivity index (χ1v) is 8.10. The van der Waals surface area contributed by atoms with Gasteiger partial charge in [-0.2, -0.15) is 0 Å². The normalized spacial score (nSPS) is 11.4. The van der Waals surface area contributed by atoms with Crippen molar-refractivity contribution in [1.29, 1.82) is 0 Å². The molecule has 0 aliphatic heterocycles. The Kier molecular flexibility index (Phi) is 6.00. The number of nitrogens with zero attached hydrogens (tertiary/aromatic N) is 2. The van der Waals surface area contributed by atoms with Gasteiger partial charge in [-0.3, -0.25) is 0 Å². The van der Waals surface area contributed by atoms with Crippen LogP contribution in [0.25, 0.3) is 10.9 Å². The molecule has 2 aromatic carbocycles. The largest absolute Gasteiger partial charge is 1.00 e. The lowest BCUT2D eigenvalue weighted by Gasteiger charge is -2.23. The maximum atomic E-state index is 9.77. The number of aromatic nitrogens is 1. The Morgan fingerprint density at radius 3 is 2.48 bits per heavy atom. The maximum Gasteiger partial charge on any atom is 0.160 e. The third-order valence-electron chi connectivity index (χ3n) is 4.11. The molecule has 4 nitrogen and oxygen atoms in total. The summed E-state index contributed by atoms with van der Waals surface area (Å²) in [6.07, 6.45) is 2.24. The molecular weight excluding hydrogens is 427 g/mol. The number of quaternary nitrogens is 1. The first kappa shape index (κ1) is 19.6. The fourth-order valence-electron chi connectivity index (χ4n) is 3.11. The van der Waals surface area contributed by atoms with Crippen LogP contribution in [0.1, 0.15) is 11.1 Å². The molecule has 0 aliphatic rings. The number of methoxy groups -OCH3 is 1. The van der Waals surface area contributed by atoms with Crippen molar-refractivity contribution in [2.45, 2.75) is 13.1 Å². The molecule has 1 heterocycles. The highest BCUT2D eigenvalue weighted by atomic mass is 127. The second-order valence-electron chi connectivity index (χ2n) is 7.25. The lowest BCUT2D eigenvalue weighted by atomic mass is 10.1. The minimum atomic E-state index is 0. The van der Waals surface area contributed by atoms with Gasteiger partial charge in [-0.1, -0.05) is 24.3 Å². The van der Waals surface area contributed by atoms with Gasteiger partial charge < -0.3 is 42.9 Å². The molecule has 3 aromatic rings. The quantitative estimate of drug-likeness (QED) is 0.455. The van der Waals surface area contributed by atoms with Crippen molar-refractivity contribution in [2.24, 2.45) is 0 Å². The maximum absolute atomic E-state index is 9.77. The SMILES string of the molecule is COc1cc(Cn2cc(C[N+](C)(C)C)c3ccccc32)ccc1O.[I-]. The van der Waals surface area contributed by atoms with E-state index >= 15 is 0 Å². The van der Waals surface area contributed by atoms with Crippen LogP contribution in [0.15, 0.2) is 48.7 Å². The third-order valence-corrected chi connectivity index (χ3v) is 4.11. The van der Waals surface area contributed by atoms with Crippen molar-refractivity contribution < 1.29 is 38.3 Å². The standard InChI is InChI=1S/C20H24N2O2.HI/c1-22(2,3)14-16-13-21(18-8-6-5-7-17(16)18)12-15-9-10-19(23)20(11-15)24-4;/h5-11,13H,12,14H2,1-4H3;1H. The number of para-hydroxylation sites is 1. The van der Waals surface area contributed by atoms with E-state index in [0.717, 1.165) is 23.1 Å². The first-order valence-electron chi connectivity index (χ1n) is 8.10. The van der Waals surface area contributed by atoms with Crippen LogP contribution >= 0.6 is 0 Å². The van der Waals surface area contributed by atoms with Crippen molar-refractivity contribution in [3.05, 3.63) is 59.8 Å². The fourth-order valence-corrected chi connectivity index (χ4v) is 3.11. The van der Waals surface area contributed by atoms with Gasteiger partial charge in [0.1, 0.15) is 6.54 Å². The number of aromatic hydroxyl groups is 1. The van der Waals surface area contributed by atoms with Crippen molar-refractivity contribution >= 4 is 10.9 Å². The van der Waals surface area contributed by atoms with Gasteiger partial charge in [0, 0.05) is 29.2 Å². The molecule has 25 heavy (non-hydrogen) atoms. The van der Waals surface area contributed by atoms with E-state index in [1.807, 2.05) is 12.1 Å². The summed E-state index contributed by atoms with van der Waals surface area (Å²) in [5.74, 6) is 0.680. The Hall–Kier alpha value is -1.73. The summed E-state index contributed by atoms with van der Waals surface area (Å²) in [4.78, 5) is 0. The minimum Gasteiger partial charge on any atom is -1.00 e. The second-order valence-corrected chi connectivity index (χ2v) is 7.25. The average molecular weight is 452 g/mol. The van der Waals surface area contributed by atoms with Crippen LogP contribution in [-0.2, 0) is 13.1 Å². The van der Waals surface area contributed by atoms with E-state index in [9.17, 15) is 5.11 Å². The Morgan fingerprint density at radius 2 is 1.80 bits per heavy atom. The summed E-state index contributed by atoms with van der Waals surface area (Å²) in [5, 5.41) is 11.1. The predicted molar refractivity (Wildman–Crippen MR) is 97.4 cm³/mol. The summed E-state index contributed by atoms with van der Waals surface area (Å²) in [7, 11) is 8.19. The summed E-state index contributed by atoms with van der Waals surface area (Å²) in [6.45, 7) is 1.72. The summed E-state index contributed by atoms with van der Waals surface area (Å²) in [6, 6.07) is 14.0. The molecule has 1 aromatic heterocycles. The van der Waals surface area contributed by atoms with E-state index in [2.05, 4.69) is 56.2 Å². The van der Waals surface area contributed by atoms with Gasteiger partial charge in [-0.15, -0.1) is 0 Å². The van der Waals surface area contributed by atoms with E-state index in [-0.39, 0.29) is 29.7 Å². The molecule has 0 saturated heterocycles. The van der Waals surface area contributed by atoms with Crippen LogP contribution in [0.2, 0.25) is 0 Å². The smallest absolute Gasteiger partial charge is 0.160 e. The monoisotopic (exact) mass is 452 g/mol. The number of hydrogen-bond acceptors (Lipinski definition) is 2. The van der Waals surface area contributed by atoms with Crippen LogP contribution in [-0.4, -0.2) is 42.4 Å². The molecule has 0 radical (unpaired) electrons. The van der Waals surface area contributed by atoms with Crippen LogP contribution in [0.4, 0.5) is 0 Å². The molecule has 0 spiro atoms. The lowest BCUT2D eigenvalue weighted by molar-refractivity contribution is -0.883. The van der Waals surface area contributed by atoms with E-state index in [1.54, 1.807) is 13.2 Å².